The Kier molecular flexibility index (Phi) is 7.81. The van der Waals surface area contributed by atoms with Crippen molar-refractivity contribution in [3.63, 3.8) is 0 Å². The Bertz CT molecular complexity index is 825. The summed E-state index contributed by atoms with van der Waals surface area (Å²) in [4.78, 5) is 2.31. The SMILES string of the molecule is OCC1CC(O)CCN1CCCCCOCc1ccc(-c2ccc3c(c2)OCO3)cc1. The van der Waals surface area contributed by atoms with Crippen LogP contribution in [0.2, 0.25) is 0 Å². The summed E-state index contributed by atoms with van der Waals surface area (Å²) >= 11 is 0. The van der Waals surface area contributed by atoms with Crippen LogP contribution in [-0.2, 0) is 11.3 Å². The zero-order valence-corrected chi connectivity index (χ0v) is 18.0. The summed E-state index contributed by atoms with van der Waals surface area (Å²) in [7, 11) is 0. The van der Waals surface area contributed by atoms with E-state index in [0.717, 1.165) is 68.0 Å². The molecule has 6 heteroatoms. The van der Waals surface area contributed by atoms with Gasteiger partial charge >= 0.3 is 0 Å². The molecule has 1 saturated heterocycles. The maximum atomic E-state index is 9.73. The second-order valence-corrected chi connectivity index (χ2v) is 8.43. The second kappa shape index (κ2) is 11.0. The Morgan fingerprint density at radius 1 is 0.968 bits per heavy atom. The minimum absolute atomic E-state index is 0.112. The smallest absolute Gasteiger partial charge is 0.231 e. The molecular formula is C25H33NO5. The first-order valence-corrected chi connectivity index (χ1v) is 11.3. The van der Waals surface area contributed by atoms with Crippen molar-refractivity contribution in [2.24, 2.45) is 0 Å². The number of rotatable bonds is 10. The topological polar surface area (TPSA) is 71.4 Å². The van der Waals surface area contributed by atoms with Crippen LogP contribution in [0.15, 0.2) is 42.5 Å². The molecule has 0 amide bonds. The summed E-state index contributed by atoms with van der Waals surface area (Å²) in [5.41, 5.74) is 3.43. The van der Waals surface area contributed by atoms with E-state index in [1.807, 2.05) is 18.2 Å². The molecule has 2 unspecified atom stereocenters. The fraction of sp³-hybridized carbons (Fsp3) is 0.520. The molecule has 31 heavy (non-hydrogen) atoms. The van der Waals surface area contributed by atoms with E-state index in [9.17, 15) is 10.2 Å². The number of nitrogens with zero attached hydrogens (tertiary/aromatic N) is 1. The summed E-state index contributed by atoms with van der Waals surface area (Å²) in [6, 6.07) is 14.6. The van der Waals surface area contributed by atoms with E-state index in [4.69, 9.17) is 14.2 Å². The zero-order valence-electron chi connectivity index (χ0n) is 18.0. The Labute approximate surface area is 184 Å². The van der Waals surface area contributed by atoms with Crippen LogP contribution in [0.25, 0.3) is 11.1 Å². The van der Waals surface area contributed by atoms with E-state index < -0.39 is 0 Å². The van der Waals surface area contributed by atoms with Crippen LogP contribution >= 0.6 is 0 Å². The lowest BCUT2D eigenvalue weighted by Gasteiger charge is -2.36. The normalized spacial score (nSPS) is 20.8. The van der Waals surface area contributed by atoms with E-state index in [-0.39, 0.29) is 18.8 Å². The molecule has 2 atom stereocenters. The molecule has 4 rings (SSSR count). The molecule has 2 aromatic carbocycles. The van der Waals surface area contributed by atoms with Crippen LogP contribution in [0, 0.1) is 0 Å². The lowest BCUT2D eigenvalue weighted by molar-refractivity contribution is 0.0160. The van der Waals surface area contributed by atoms with Crippen molar-refractivity contribution >= 4 is 0 Å². The number of ether oxygens (including phenoxy) is 3. The maximum absolute atomic E-state index is 9.73. The molecule has 0 aromatic heterocycles. The van der Waals surface area contributed by atoms with Crippen LogP contribution in [0.4, 0.5) is 0 Å². The molecule has 1 fully saturated rings. The lowest BCUT2D eigenvalue weighted by Crippen LogP contribution is -2.46. The summed E-state index contributed by atoms with van der Waals surface area (Å²) in [5.74, 6) is 1.60. The van der Waals surface area contributed by atoms with Crippen molar-refractivity contribution in [1.29, 1.82) is 0 Å². The number of aliphatic hydroxyl groups excluding tert-OH is 2. The van der Waals surface area contributed by atoms with Crippen molar-refractivity contribution < 1.29 is 24.4 Å². The zero-order chi connectivity index (χ0) is 21.5. The third-order valence-corrected chi connectivity index (χ3v) is 6.18. The number of unbranched alkanes of at least 4 members (excludes halogenated alkanes) is 2. The molecule has 168 valence electrons. The van der Waals surface area contributed by atoms with Gasteiger partial charge in [0.2, 0.25) is 6.79 Å². The van der Waals surface area contributed by atoms with Gasteiger partial charge in [-0.2, -0.15) is 0 Å². The highest BCUT2D eigenvalue weighted by atomic mass is 16.7. The number of hydrogen-bond acceptors (Lipinski definition) is 6. The molecule has 2 aliphatic heterocycles. The standard InChI is InChI=1S/C25H33NO5/c27-16-22-15-23(28)10-12-26(22)11-2-1-3-13-29-17-19-4-6-20(7-5-19)21-8-9-24-25(14-21)31-18-30-24/h4-9,14,22-23,27-28H,1-3,10-13,15-18H2. The van der Waals surface area contributed by atoms with Gasteiger partial charge in [0.1, 0.15) is 0 Å². The van der Waals surface area contributed by atoms with Crippen LogP contribution in [0.5, 0.6) is 11.5 Å². The predicted octanol–water partition coefficient (Wildman–Crippen LogP) is 3.59. The van der Waals surface area contributed by atoms with Gasteiger partial charge < -0.3 is 24.4 Å². The number of hydrogen-bond donors (Lipinski definition) is 2. The van der Waals surface area contributed by atoms with Gasteiger partial charge in [0.25, 0.3) is 0 Å². The summed E-state index contributed by atoms with van der Waals surface area (Å²) in [6.45, 7) is 3.67. The second-order valence-electron chi connectivity index (χ2n) is 8.43. The Hall–Kier alpha value is -2.12. The van der Waals surface area contributed by atoms with Gasteiger partial charge in [0.15, 0.2) is 11.5 Å². The predicted molar refractivity (Wildman–Crippen MR) is 119 cm³/mol. The average Bonchev–Trinajstić information content (AvgIpc) is 3.27. The van der Waals surface area contributed by atoms with Crippen molar-refractivity contribution in [3.05, 3.63) is 48.0 Å². The van der Waals surface area contributed by atoms with Crippen molar-refractivity contribution in [1.82, 2.24) is 4.90 Å². The van der Waals surface area contributed by atoms with Crippen molar-refractivity contribution in [2.45, 2.75) is 50.9 Å². The minimum Gasteiger partial charge on any atom is -0.454 e. The fourth-order valence-electron chi connectivity index (χ4n) is 4.32. The van der Waals surface area contributed by atoms with Crippen LogP contribution in [0.3, 0.4) is 0 Å². The molecule has 0 saturated carbocycles. The van der Waals surface area contributed by atoms with E-state index in [2.05, 4.69) is 29.2 Å². The van der Waals surface area contributed by atoms with Crippen LogP contribution in [-0.4, -0.2) is 60.4 Å². The molecule has 0 bridgehead atoms. The minimum atomic E-state index is -0.257. The quantitative estimate of drug-likeness (QED) is 0.565. The highest BCUT2D eigenvalue weighted by Gasteiger charge is 2.26. The van der Waals surface area contributed by atoms with Gasteiger partial charge in [0.05, 0.1) is 19.3 Å². The summed E-state index contributed by atoms with van der Waals surface area (Å²) < 4.78 is 16.7. The first kappa shape index (κ1) is 22.1. The molecule has 6 nitrogen and oxygen atoms in total. The number of benzene rings is 2. The number of aliphatic hydroxyl groups is 2. The number of fused-ring (bicyclic) bond motifs is 1. The van der Waals surface area contributed by atoms with Gasteiger partial charge in [-0.1, -0.05) is 30.3 Å². The molecular weight excluding hydrogens is 394 g/mol. The monoisotopic (exact) mass is 427 g/mol. The number of piperidine rings is 1. The highest BCUT2D eigenvalue weighted by Crippen LogP contribution is 2.35. The lowest BCUT2D eigenvalue weighted by atomic mass is 9.99. The van der Waals surface area contributed by atoms with E-state index in [0.29, 0.717) is 19.8 Å². The molecule has 0 spiro atoms. The third-order valence-electron chi connectivity index (χ3n) is 6.18. The van der Waals surface area contributed by atoms with Crippen molar-refractivity contribution in [2.75, 3.05) is 33.1 Å². The number of likely N-dealkylation sites (tertiary alicyclic amines) is 1. The molecule has 2 aliphatic rings. The Morgan fingerprint density at radius 2 is 1.77 bits per heavy atom. The molecule has 0 aliphatic carbocycles. The largest absolute Gasteiger partial charge is 0.454 e. The van der Waals surface area contributed by atoms with E-state index in [1.165, 1.54) is 5.56 Å². The van der Waals surface area contributed by atoms with Gasteiger partial charge in [-0.25, -0.2) is 0 Å². The van der Waals surface area contributed by atoms with Gasteiger partial charge in [-0.15, -0.1) is 0 Å². The van der Waals surface area contributed by atoms with E-state index >= 15 is 0 Å². The first-order chi connectivity index (χ1) is 15.2. The Balaban J connectivity index is 1.12. The summed E-state index contributed by atoms with van der Waals surface area (Å²) in [6.07, 6.45) is 4.49. The first-order valence-electron chi connectivity index (χ1n) is 11.3. The molecule has 2 heterocycles. The maximum Gasteiger partial charge on any atom is 0.231 e. The average molecular weight is 428 g/mol. The molecule has 2 aromatic rings. The van der Waals surface area contributed by atoms with E-state index in [1.54, 1.807) is 0 Å². The third kappa shape index (κ3) is 5.98. The molecule has 2 N–H and O–H groups in total. The van der Waals surface area contributed by atoms with Crippen LogP contribution < -0.4 is 9.47 Å². The molecule has 0 radical (unpaired) electrons. The van der Waals surface area contributed by atoms with Gasteiger partial charge in [-0.05, 0) is 67.5 Å². The van der Waals surface area contributed by atoms with Crippen molar-refractivity contribution in [3.8, 4) is 22.6 Å². The highest BCUT2D eigenvalue weighted by molar-refractivity contribution is 5.67. The Morgan fingerprint density at radius 3 is 2.61 bits per heavy atom. The fourth-order valence-corrected chi connectivity index (χ4v) is 4.32. The summed E-state index contributed by atoms with van der Waals surface area (Å²) in [5, 5.41) is 19.2. The van der Waals surface area contributed by atoms with Gasteiger partial charge in [-0.3, -0.25) is 4.90 Å². The van der Waals surface area contributed by atoms with Crippen LogP contribution in [0.1, 0.15) is 37.7 Å². The van der Waals surface area contributed by atoms with Gasteiger partial charge in [0, 0.05) is 19.2 Å².